The van der Waals surface area contributed by atoms with Crippen molar-refractivity contribution in [1.29, 1.82) is 0 Å². The molecule has 0 saturated carbocycles. The van der Waals surface area contributed by atoms with Crippen LogP contribution in [0.2, 0.25) is 0 Å². The fourth-order valence-corrected chi connectivity index (χ4v) is 4.46. The second-order valence-electron chi connectivity index (χ2n) is 8.34. The molecule has 1 amide bonds. The van der Waals surface area contributed by atoms with E-state index in [1.807, 2.05) is 24.3 Å². The first kappa shape index (κ1) is 21.5. The van der Waals surface area contributed by atoms with Gasteiger partial charge in [-0.1, -0.05) is 94.1 Å². The van der Waals surface area contributed by atoms with Crippen molar-refractivity contribution in [3.8, 4) is 0 Å². The molecule has 0 bridgehead atoms. The van der Waals surface area contributed by atoms with Crippen molar-refractivity contribution in [2.45, 2.75) is 56.0 Å². The molecule has 1 heterocycles. The summed E-state index contributed by atoms with van der Waals surface area (Å²) in [6.07, 6.45) is 0. The number of carbonyl (C=O) groups is 1. The highest BCUT2D eigenvalue weighted by molar-refractivity contribution is 8.00. The standard InChI is InChI=1S/C23H27N3OS2/c1-15(2)17-8-6-16(7-9-17)14-28-22-26-25-21(29-22)24-20(27)18-10-12-19(13-11-18)23(3,4)5/h6-13,15H,14H2,1-5H3,(H,24,25,27). The molecule has 152 valence electrons. The topological polar surface area (TPSA) is 54.9 Å². The molecule has 0 aliphatic heterocycles. The fraction of sp³-hybridized carbons (Fsp3) is 0.348. The van der Waals surface area contributed by atoms with E-state index >= 15 is 0 Å². The molecule has 29 heavy (non-hydrogen) atoms. The maximum Gasteiger partial charge on any atom is 0.257 e. The van der Waals surface area contributed by atoms with Crippen LogP contribution in [0.15, 0.2) is 52.9 Å². The molecule has 0 radical (unpaired) electrons. The maximum absolute atomic E-state index is 12.5. The number of thioether (sulfide) groups is 1. The van der Waals surface area contributed by atoms with Gasteiger partial charge in [-0.2, -0.15) is 0 Å². The Morgan fingerprint density at radius 2 is 1.69 bits per heavy atom. The summed E-state index contributed by atoms with van der Waals surface area (Å²) < 4.78 is 0.844. The number of hydrogen-bond acceptors (Lipinski definition) is 5. The van der Waals surface area contributed by atoms with Crippen LogP contribution < -0.4 is 5.32 Å². The van der Waals surface area contributed by atoms with Gasteiger partial charge in [-0.15, -0.1) is 10.2 Å². The van der Waals surface area contributed by atoms with E-state index in [0.717, 1.165) is 10.1 Å². The monoisotopic (exact) mass is 425 g/mol. The predicted octanol–water partition coefficient (Wildman–Crippen LogP) is 6.50. The van der Waals surface area contributed by atoms with Crippen molar-refractivity contribution in [3.63, 3.8) is 0 Å². The fourth-order valence-electron chi connectivity index (χ4n) is 2.75. The van der Waals surface area contributed by atoms with Crippen LogP contribution in [-0.2, 0) is 11.2 Å². The van der Waals surface area contributed by atoms with E-state index in [1.165, 1.54) is 28.0 Å². The van der Waals surface area contributed by atoms with Crippen LogP contribution in [0.25, 0.3) is 0 Å². The smallest absolute Gasteiger partial charge is 0.257 e. The van der Waals surface area contributed by atoms with E-state index < -0.39 is 0 Å². The van der Waals surface area contributed by atoms with Crippen LogP contribution in [0.4, 0.5) is 5.13 Å². The second kappa shape index (κ2) is 9.09. The van der Waals surface area contributed by atoms with Crippen LogP contribution in [-0.4, -0.2) is 16.1 Å². The number of nitrogens with one attached hydrogen (secondary N) is 1. The molecule has 2 aromatic carbocycles. The highest BCUT2D eigenvalue weighted by atomic mass is 32.2. The number of carbonyl (C=O) groups excluding carboxylic acids is 1. The third-order valence-electron chi connectivity index (χ3n) is 4.65. The molecule has 0 saturated heterocycles. The zero-order valence-electron chi connectivity index (χ0n) is 17.5. The van der Waals surface area contributed by atoms with Crippen LogP contribution in [0.5, 0.6) is 0 Å². The Bertz CT molecular complexity index is 955. The Kier molecular flexibility index (Phi) is 6.75. The average molecular weight is 426 g/mol. The summed E-state index contributed by atoms with van der Waals surface area (Å²) in [6, 6.07) is 16.4. The Balaban J connectivity index is 1.56. The van der Waals surface area contributed by atoms with Crippen molar-refractivity contribution in [3.05, 3.63) is 70.8 Å². The van der Waals surface area contributed by atoms with Gasteiger partial charge in [-0.25, -0.2) is 0 Å². The summed E-state index contributed by atoms with van der Waals surface area (Å²) in [7, 11) is 0. The number of hydrogen-bond donors (Lipinski definition) is 1. The van der Waals surface area contributed by atoms with Crippen LogP contribution in [0, 0.1) is 0 Å². The summed E-state index contributed by atoms with van der Waals surface area (Å²) in [5.74, 6) is 1.20. The number of nitrogens with zero attached hydrogens (tertiary/aromatic N) is 2. The van der Waals surface area contributed by atoms with Crippen LogP contribution >= 0.6 is 23.1 Å². The highest BCUT2D eigenvalue weighted by Crippen LogP contribution is 2.29. The SMILES string of the molecule is CC(C)c1ccc(CSc2nnc(NC(=O)c3ccc(C(C)(C)C)cc3)s2)cc1. The molecular weight excluding hydrogens is 398 g/mol. The molecule has 4 nitrogen and oxygen atoms in total. The lowest BCUT2D eigenvalue weighted by molar-refractivity contribution is 0.102. The van der Waals surface area contributed by atoms with E-state index in [-0.39, 0.29) is 11.3 Å². The zero-order valence-corrected chi connectivity index (χ0v) is 19.2. The van der Waals surface area contributed by atoms with Crippen LogP contribution in [0.3, 0.4) is 0 Å². The first-order valence-corrected chi connectivity index (χ1v) is 11.5. The Labute approximate surface area is 181 Å². The van der Waals surface area contributed by atoms with Gasteiger partial charge in [0.2, 0.25) is 5.13 Å². The number of benzene rings is 2. The molecule has 0 spiro atoms. The number of anilines is 1. The molecule has 6 heteroatoms. The van der Waals surface area contributed by atoms with E-state index in [4.69, 9.17) is 0 Å². The third kappa shape index (κ3) is 5.90. The van der Waals surface area contributed by atoms with Crippen molar-refractivity contribution < 1.29 is 4.79 Å². The van der Waals surface area contributed by atoms with Gasteiger partial charge in [0.25, 0.3) is 5.91 Å². The number of rotatable bonds is 6. The highest BCUT2D eigenvalue weighted by Gasteiger charge is 2.15. The molecule has 0 aliphatic carbocycles. The molecule has 3 aromatic rings. The quantitative estimate of drug-likeness (QED) is 0.361. The van der Waals surface area contributed by atoms with Gasteiger partial charge >= 0.3 is 0 Å². The van der Waals surface area contributed by atoms with Gasteiger partial charge in [0.15, 0.2) is 4.34 Å². The molecular formula is C23H27N3OS2. The van der Waals surface area contributed by atoms with Crippen molar-refractivity contribution >= 4 is 34.1 Å². The van der Waals surface area contributed by atoms with E-state index in [9.17, 15) is 4.79 Å². The Morgan fingerprint density at radius 1 is 1.03 bits per heavy atom. The van der Waals surface area contributed by atoms with Gasteiger partial charge in [-0.05, 0) is 40.2 Å². The van der Waals surface area contributed by atoms with E-state index in [0.29, 0.717) is 16.6 Å². The lowest BCUT2D eigenvalue weighted by atomic mass is 9.87. The second-order valence-corrected chi connectivity index (χ2v) is 10.5. The largest absolute Gasteiger partial charge is 0.296 e. The van der Waals surface area contributed by atoms with Gasteiger partial charge < -0.3 is 0 Å². The van der Waals surface area contributed by atoms with Gasteiger partial charge in [-0.3, -0.25) is 10.1 Å². The lowest BCUT2D eigenvalue weighted by Gasteiger charge is -2.18. The molecule has 0 fully saturated rings. The van der Waals surface area contributed by atoms with Crippen molar-refractivity contribution in [2.75, 3.05) is 5.32 Å². The van der Waals surface area contributed by atoms with Crippen molar-refractivity contribution in [2.24, 2.45) is 0 Å². The summed E-state index contributed by atoms with van der Waals surface area (Å²) in [4.78, 5) is 12.5. The Morgan fingerprint density at radius 3 is 2.28 bits per heavy atom. The minimum absolute atomic E-state index is 0.0649. The van der Waals surface area contributed by atoms with Gasteiger partial charge in [0.05, 0.1) is 0 Å². The number of amides is 1. The molecule has 1 N–H and O–H groups in total. The Hall–Kier alpha value is -2.18. The van der Waals surface area contributed by atoms with Crippen molar-refractivity contribution in [1.82, 2.24) is 10.2 Å². The lowest BCUT2D eigenvalue weighted by Crippen LogP contribution is -2.14. The average Bonchev–Trinajstić information content (AvgIpc) is 3.13. The third-order valence-corrected chi connectivity index (χ3v) is 6.69. The minimum Gasteiger partial charge on any atom is -0.296 e. The van der Waals surface area contributed by atoms with E-state index in [1.54, 1.807) is 11.8 Å². The maximum atomic E-state index is 12.5. The first-order valence-electron chi connectivity index (χ1n) is 9.69. The van der Waals surface area contributed by atoms with Crippen LogP contribution in [0.1, 0.15) is 67.6 Å². The summed E-state index contributed by atoms with van der Waals surface area (Å²) in [5, 5.41) is 11.7. The van der Waals surface area contributed by atoms with E-state index in [2.05, 4.69) is 74.4 Å². The van der Waals surface area contributed by atoms with Gasteiger partial charge in [0.1, 0.15) is 0 Å². The molecule has 3 rings (SSSR count). The summed E-state index contributed by atoms with van der Waals surface area (Å²) in [5.41, 5.74) is 4.47. The first-order chi connectivity index (χ1) is 13.7. The minimum atomic E-state index is -0.164. The zero-order chi connectivity index (χ0) is 21.0. The molecule has 0 aliphatic rings. The molecule has 0 atom stereocenters. The molecule has 0 unspecified atom stereocenters. The summed E-state index contributed by atoms with van der Waals surface area (Å²) in [6.45, 7) is 10.9. The molecule has 1 aromatic heterocycles. The summed E-state index contributed by atoms with van der Waals surface area (Å²) >= 11 is 3.03. The normalized spacial score (nSPS) is 11.7. The predicted molar refractivity (Wildman–Crippen MR) is 123 cm³/mol. The number of aromatic nitrogens is 2. The van der Waals surface area contributed by atoms with Gasteiger partial charge in [0, 0.05) is 11.3 Å².